The summed E-state index contributed by atoms with van der Waals surface area (Å²) in [7, 11) is 0. The Kier molecular flexibility index (Phi) is 19.2. The lowest BCUT2D eigenvalue weighted by atomic mass is 9.97. The molecule has 0 saturated heterocycles. The number of hydrogen-bond donors (Lipinski definition) is 6. The molecule has 0 saturated carbocycles. The van der Waals surface area contributed by atoms with Gasteiger partial charge in [0.15, 0.2) is 12.4 Å². The van der Waals surface area contributed by atoms with Crippen LogP contribution in [0.3, 0.4) is 0 Å². The van der Waals surface area contributed by atoms with Crippen molar-refractivity contribution < 1.29 is 29.0 Å². The SMILES string of the molecule is CCNC(=O)C(NC(=O)[C@H](C)NCC(CC(C)C)NC(=O)[C@H](CCSC)NC(=O)C(NC(=O)c1cc[nH+]cc1)C(C)CC)C(C)C. The maximum atomic E-state index is 13.6. The molecule has 0 fully saturated rings. The van der Waals surface area contributed by atoms with Gasteiger partial charge in [-0.05, 0) is 56.5 Å². The van der Waals surface area contributed by atoms with E-state index >= 15 is 0 Å². The van der Waals surface area contributed by atoms with Crippen LogP contribution in [0.5, 0.6) is 0 Å². The Bertz CT molecular complexity index is 1110. The molecule has 46 heavy (non-hydrogen) atoms. The molecule has 0 aliphatic rings. The average molecular weight is 665 g/mol. The van der Waals surface area contributed by atoms with Gasteiger partial charge in [-0.15, -0.1) is 0 Å². The summed E-state index contributed by atoms with van der Waals surface area (Å²) in [6, 6.07) is 0.0435. The molecule has 1 heterocycles. The summed E-state index contributed by atoms with van der Waals surface area (Å²) in [5.41, 5.74) is 0.424. The smallest absolute Gasteiger partial charge is 0.252 e. The minimum absolute atomic E-state index is 0.0886. The van der Waals surface area contributed by atoms with Gasteiger partial charge in [-0.2, -0.15) is 11.8 Å². The maximum Gasteiger partial charge on any atom is 0.252 e. The number of aromatic amines is 1. The summed E-state index contributed by atoms with van der Waals surface area (Å²) in [5, 5.41) is 17.7. The van der Waals surface area contributed by atoms with Crippen molar-refractivity contribution in [3.63, 3.8) is 0 Å². The zero-order valence-corrected chi connectivity index (χ0v) is 29.9. The van der Waals surface area contributed by atoms with Gasteiger partial charge in [0.2, 0.25) is 23.6 Å². The second-order valence-electron chi connectivity index (χ2n) is 12.6. The highest BCUT2D eigenvalue weighted by Crippen LogP contribution is 2.12. The number of rotatable bonds is 21. The van der Waals surface area contributed by atoms with E-state index in [1.54, 1.807) is 43.2 Å². The Morgan fingerprint density at radius 3 is 2.00 bits per heavy atom. The first-order valence-electron chi connectivity index (χ1n) is 16.4. The van der Waals surface area contributed by atoms with Crippen LogP contribution in [0, 0.1) is 17.8 Å². The molecule has 13 heteroatoms. The minimum atomic E-state index is -0.826. The fraction of sp³-hybridized carbons (Fsp3) is 0.697. The normalized spacial score (nSPS) is 15.2. The molecule has 1 aromatic rings. The van der Waals surface area contributed by atoms with Gasteiger partial charge in [0, 0.05) is 31.3 Å². The molecular weight excluding hydrogens is 606 g/mol. The topological polar surface area (TPSA) is 172 Å². The van der Waals surface area contributed by atoms with Crippen LogP contribution in [0.1, 0.15) is 85.0 Å². The Morgan fingerprint density at radius 1 is 0.804 bits per heavy atom. The second-order valence-corrected chi connectivity index (χ2v) is 13.5. The molecule has 6 atom stereocenters. The predicted molar refractivity (Wildman–Crippen MR) is 183 cm³/mol. The Balaban J connectivity index is 3.00. The van der Waals surface area contributed by atoms with Crippen LogP contribution >= 0.6 is 11.8 Å². The molecule has 0 spiro atoms. The third kappa shape index (κ3) is 14.5. The van der Waals surface area contributed by atoms with E-state index in [2.05, 4.69) is 36.9 Å². The van der Waals surface area contributed by atoms with Crippen LogP contribution in [0.4, 0.5) is 0 Å². The van der Waals surface area contributed by atoms with Crippen molar-refractivity contribution in [2.75, 3.05) is 25.1 Å². The predicted octanol–water partition coefficient (Wildman–Crippen LogP) is 1.67. The van der Waals surface area contributed by atoms with Crippen molar-refractivity contribution in [1.29, 1.82) is 0 Å². The maximum absolute atomic E-state index is 13.6. The molecule has 0 bridgehead atoms. The third-order valence-electron chi connectivity index (χ3n) is 7.77. The second kappa shape index (κ2) is 21.6. The van der Waals surface area contributed by atoms with Gasteiger partial charge in [0.25, 0.3) is 5.91 Å². The van der Waals surface area contributed by atoms with Crippen molar-refractivity contribution in [3.8, 4) is 0 Å². The van der Waals surface area contributed by atoms with Gasteiger partial charge in [-0.25, -0.2) is 4.98 Å². The summed E-state index contributed by atoms with van der Waals surface area (Å²) in [5.74, 6) is -1.01. The summed E-state index contributed by atoms with van der Waals surface area (Å²) in [6.45, 7) is 16.0. The molecule has 12 nitrogen and oxygen atoms in total. The largest absolute Gasteiger partial charge is 0.355 e. The Hall–Kier alpha value is -3.19. The van der Waals surface area contributed by atoms with Crippen molar-refractivity contribution in [2.45, 2.75) is 105 Å². The van der Waals surface area contributed by atoms with E-state index in [1.165, 1.54) is 0 Å². The number of carbonyl (C=O) groups is 5. The van der Waals surface area contributed by atoms with E-state index in [0.29, 0.717) is 43.7 Å². The first-order chi connectivity index (χ1) is 21.7. The summed E-state index contributed by atoms with van der Waals surface area (Å²) in [6.07, 6.45) is 6.91. The molecule has 0 aliphatic carbocycles. The molecule has 0 radical (unpaired) electrons. The average Bonchev–Trinajstić information content (AvgIpc) is 3.02. The number of amides is 5. The van der Waals surface area contributed by atoms with E-state index in [-0.39, 0.29) is 47.4 Å². The van der Waals surface area contributed by atoms with Crippen LogP contribution < -0.4 is 36.9 Å². The summed E-state index contributed by atoms with van der Waals surface area (Å²) < 4.78 is 0. The molecule has 0 aliphatic heterocycles. The third-order valence-corrected chi connectivity index (χ3v) is 8.41. The van der Waals surface area contributed by atoms with Gasteiger partial charge < -0.3 is 31.9 Å². The van der Waals surface area contributed by atoms with E-state index in [1.807, 2.05) is 54.7 Å². The minimum Gasteiger partial charge on any atom is -0.355 e. The monoisotopic (exact) mass is 664 g/mol. The lowest BCUT2D eigenvalue weighted by Crippen LogP contribution is -2.58. The van der Waals surface area contributed by atoms with Gasteiger partial charge in [0.05, 0.1) is 11.6 Å². The molecule has 260 valence electrons. The van der Waals surface area contributed by atoms with E-state index in [4.69, 9.17) is 0 Å². The van der Waals surface area contributed by atoms with E-state index in [9.17, 15) is 24.0 Å². The van der Waals surface area contributed by atoms with Crippen LogP contribution in [-0.2, 0) is 19.2 Å². The molecule has 5 amide bonds. The van der Waals surface area contributed by atoms with Gasteiger partial charge >= 0.3 is 0 Å². The summed E-state index contributed by atoms with van der Waals surface area (Å²) in [4.78, 5) is 68.4. The van der Waals surface area contributed by atoms with E-state index in [0.717, 1.165) is 0 Å². The van der Waals surface area contributed by atoms with Gasteiger partial charge in [-0.1, -0.05) is 48.0 Å². The first kappa shape index (κ1) is 40.8. The number of pyridine rings is 1. The lowest BCUT2D eigenvalue weighted by molar-refractivity contribution is -0.378. The highest BCUT2D eigenvalue weighted by molar-refractivity contribution is 7.98. The zero-order valence-electron chi connectivity index (χ0n) is 29.1. The van der Waals surface area contributed by atoms with Gasteiger partial charge in [0.1, 0.15) is 18.1 Å². The van der Waals surface area contributed by atoms with Crippen LogP contribution in [0.25, 0.3) is 0 Å². The lowest BCUT2D eigenvalue weighted by Gasteiger charge is -2.29. The fourth-order valence-electron chi connectivity index (χ4n) is 4.80. The van der Waals surface area contributed by atoms with Crippen molar-refractivity contribution in [2.24, 2.45) is 17.8 Å². The van der Waals surface area contributed by atoms with Crippen molar-refractivity contribution in [1.82, 2.24) is 31.9 Å². The molecule has 0 aromatic carbocycles. The fourth-order valence-corrected chi connectivity index (χ4v) is 5.28. The number of carbonyl (C=O) groups excluding carboxylic acids is 5. The zero-order chi connectivity index (χ0) is 34.8. The number of hydrogen-bond acceptors (Lipinski definition) is 7. The Morgan fingerprint density at radius 2 is 1.46 bits per heavy atom. The molecule has 1 rings (SSSR count). The number of likely N-dealkylation sites (N-methyl/N-ethyl adjacent to an activating group) is 1. The van der Waals surface area contributed by atoms with Crippen LogP contribution in [0.15, 0.2) is 24.5 Å². The van der Waals surface area contributed by atoms with Gasteiger partial charge in [-0.3, -0.25) is 24.0 Å². The molecule has 7 N–H and O–H groups in total. The van der Waals surface area contributed by atoms with Crippen molar-refractivity contribution in [3.05, 3.63) is 30.1 Å². The molecule has 1 aromatic heterocycles. The highest BCUT2D eigenvalue weighted by Gasteiger charge is 2.31. The number of H-pyrrole nitrogens is 1. The highest BCUT2D eigenvalue weighted by atomic mass is 32.2. The first-order valence-corrected chi connectivity index (χ1v) is 17.8. The molecule has 4 unspecified atom stereocenters. The van der Waals surface area contributed by atoms with Crippen LogP contribution in [-0.4, -0.2) is 84.8 Å². The molecular formula is C33H58N7O5S+. The summed E-state index contributed by atoms with van der Waals surface area (Å²) >= 11 is 1.57. The number of thioether (sulfide) groups is 1. The van der Waals surface area contributed by atoms with Crippen molar-refractivity contribution >= 4 is 41.3 Å². The quantitative estimate of drug-likeness (QED) is 0.116. The van der Waals surface area contributed by atoms with E-state index < -0.39 is 30.1 Å². The van der Waals surface area contributed by atoms with Crippen LogP contribution in [0.2, 0.25) is 0 Å². The standard InChI is InChI=1S/C33H57N7O5S/c1-10-22(7)28(40-30(42)24-12-15-34-16-13-24)33(45)38-26(14-17-46-9)31(43)37-25(18-20(3)4)19-36-23(8)29(41)39-27(21(5)6)32(44)35-11-2/h12-13,15-16,20-23,25-28,36H,10-11,14,17-19H2,1-9H3,(H,35,44)(H,37,43)(H,38,45)(H,39,41)(H,40,42)/p+1/t22?,23-,25?,26-,27?,28?/m0/s1. The Labute approximate surface area is 279 Å². The number of aromatic nitrogens is 1. The number of nitrogens with one attached hydrogen (secondary N) is 7.